The first-order valence-electron chi connectivity index (χ1n) is 4.06. The Kier molecular flexibility index (Phi) is 1.98. The van der Waals surface area contributed by atoms with Gasteiger partial charge in [0, 0.05) is 23.5 Å². The average Bonchev–Trinajstić information content (AvgIpc) is 2.23. The molecular weight excluding hydrogens is 178 g/mol. The Morgan fingerprint density at radius 3 is 2.71 bits per heavy atom. The van der Waals surface area contributed by atoms with Crippen molar-refractivity contribution in [2.24, 2.45) is 0 Å². The van der Waals surface area contributed by atoms with Crippen molar-refractivity contribution in [1.29, 1.82) is 0 Å². The first-order chi connectivity index (χ1) is 6.77. The van der Waals surface area contributed by atoms with Crippen LogP contribution in [-0.2, 0) is 0 Å². The molecule has 0 saturated heterocycles. The molecule has 0 aliphatic carbocycles. The maximum atomic E-state index is 5.66. The van der Waals surface area contributed by atoms with Gasteiger partial charge in [-0.1, -0.05) is 6.07 Å². The van der Waals surface area contributed by atoms with Crippen molar-refractivity contribution in [1.82, 2.24) is 15.2 Å². The minimum absolute atomic E-state index is 0.345. The fourth-order valence-electron chi connectivity index (χ4n) is 1.17. The van der Waals surface area contributed by atoms with Gasteiger partial charge in [-0.05, 0) is 12.1 Å². The molecule has 0 saturated carbocycles. The summed E-state index contributed by atoms with van der Waals surface area (Å²) in [4.78, 5) is 3.99. The van der Waals surface area contributed by atoms with E-state index in [2.05, 4.69) is 15.2 Å². The SMILES string of the molecule is Nc1cc(-c2cccnc2)c(N)nn1. The highest BCUT2D eigenvalue weighted by atomic mass is 15.2. The van der Waals surface area contributed by atoms with Crippen LogP contribution in [-0.4, -0.2) is 15.2 Å². The second kappa shape index (κ2) is 3.29. The standard InChI is InChI=1S/C9H9N5/c10-8-4-7(9(11)14-13-8)6-2-1-3-12-5-6/h1-5H,(H2,10,13)(H2,11,14). The molecule has 0 unspecified atom stereocenters. The Labute approximate surface area is 80.8 Å². The Bertz CT molecular complexity index is 440. The summed E-state index contributed by atoms with van der Waals surface area (Å²) in [6, 6.07) is 5.39. The molecule has 0 amide bonds. The number of hydrogen-bond acceptors (Lipinski definition) is 5. The largest absolute Gasteiger partial charge is 0.382 e. The van der Waals surface area contributed by atoms with E-state index in [9.17, 15) is 0 Å². The van der Waals surface area contributed by atoms with Gasteiger partial charge >= 0.3 is 0 Å². The van der Waals surface area contributed by atoms with E-state index < -0.39 is 0 Å². The van der Waals surface area contributed by atoms with Gasteiger partial charge in [0.1, 0.15) is 5.82 Å². The second-order valence-electron chi connectivity index (χ2n) is 2.81. The van der Waals surface area contributed by atoms with Crippen molar-refractivity contribution in [2.45, 2.75) is 0 Å². The molecule has 0 aromatic carbocycles. The van der Waals surface area contributed by atoms with Gasteiger partial charge in [0.2, 0.25) is 0 Å². The third kappa shape index (κ3) is 1.47. The molecule has 0 aliphatic heterocycles. The summed E-state index contributed by atoms with van der Waals surface area (Å²) >= 11 is 0. The zero-order valence-electron chi connectivity index (χ0n) is 7.38. The molecule has 14 heavy (non-hydrogen) atoms. The van der Waals surface area contributed by atoms with Crippen LogP contribution in [0.3, 0.4) is 0 Å². The summed E-state index contributed by atoms with van der Waals surface area (Å²) in [5.74, 6) is 0.699. The van der Waals surface area contributed by atoms with E-state index in [4.69, 9.17) is 11.5 Å². The van der Waals surface area contributed by atoms with Crippen LogP contribution < -0.4 is 11.5 Å². The van der Waals surface area contributed by atoms with Gasteiger partial charge < -0.3 is 11.5 Å². The van der Waals surface area contributed by atoms with E-state index in [-0.39, 0.29) is 0 Å². The number of rotatable bonds is 1. The predicted octanol–water partition coefficient (Wildman–Crippen LogP) is 0.703. The molecule has 0 spiro atoms. The van der Waals surface area contributed by atoms with Crippen LogP contribution >= 0.6 is 0 Å². The van der Waals surface area contributed by atoms with Crippen LogP contribution in [0.2, 0.25) is 0 Å². The lowest BCUT2D eigenvalue weighted by Gasteiger charge is -2.03. The van der Waals surface area contributed by atoms with Crippen LogP contribution in [0, 0.1) is 0 Å². The highest BCUT2D eigenvalue weighted by Gasteiger charge is 2.04. The van der Waals surface area contributed by atoms with E-state index in [1.165, 1.54) is 0 Å². The molecule has 0 bridgehead atoms. The van der Waals surface area contributed by atoms with Gasteiger partial charge in [-0.15, -0.1) is 10.2 Å². The summed E-state index contributed by atoms with van der Waals surface area (Å²) in [7, 11) is 0. The van der Waals surface area contributed by atoms with E-state index in [0.29, 0.717) is 11.6 Å². The number of nitrogens with two attached hydrogens (primary N) is 2. The molecule has 0 aliphatic rings. The second-order valence-corrected chi connectivity index (χ2v) is 2.81. The molecule has 2 rings (SSSR count). The third-order valence-corrected chi connectivity index (χ3v) is 1.81. The fraction of sp³-hybridized carbons (Fsp3) is 0. The fourth-order valence-corrected chi connectivity index (χ4v) is 1.17. The summed E-state index contributed by atoms with van der Waals surface area (Å²) in [6.45, 7) is 0. The van der Waals surface area contributed by atoms with Gasteiger partial charge in [0.05, 0.1) is 0 Å². The number of hydrogen-bond donors (Lipinski definition) is 2. The lowest BCUT2D eigenvalue weighted by molar-refractivity contribution is 1.05. The lowest BCUT2D eigenvalue weighted by atomic mass is 10.1. The molecule has 2 aromatic heterocycles. The summed E-state index contributed by atoms with van der Waals surface area (Å²) in [5, 5.41) is 7.38. The molecule has 2 aromatic rings. The molecular formula is C9H9N5. The van der Waals surface area contributed by atoms with Crippen molar-refractivity contribution in [2.75, 3.05) is 11.5 Å². The Hall–Kier alpha value is -2.17. The number of aromatic nitrogens is 3. The topological polar surface area (TPSA) is 90.7 Å². The van der Waals surface area contributed by atoms with E-state index in [1.807, 2.05) is 12.1 Å². The zero-order chi connectivity index (χ0) is 9.97. The van der Waals surface area contributed by atoms with Gasteiger partial charge in [-0.2, -0.15) is 0 Å². The van der Waals surface area contributed by atoms with E-state index in [1.54, 1.807) is 18.5 Å². The van der Waals surface area contributed by atoms with Crippen molar-refractivity contribution in [3.05, 3.63) is 30.6 Å². The summed E-state index contributed by atoms with van der Waals surface area (Å²) < 4.78 is 0. The first-order valence-corrected chi connectivity index (χ1v) is 4.06. The van der Waals surface area contributed by atoms with Crippen molar-refractivity contribution in [3.63, 3.8) is 0 Å². The molecule has 5 heteroatoms. The number of pyridine rings is 1. The summed E-state index contributed by atoms with van der Waals surface area (Å²) in [5.41, 5.74) is 12.8. The maximum absolute atomic E-state index is 5.66. The molecule has 2 heterocycles. The molecule has 0 atom stereocenters. The van der Waals surface area contributed by atoms with Gasteiger partial charge in [-0.25, -0.2) is 0 Å². The monoisotopic (exact) mass is 187 g/mol. The van der Waals surface area contributed by atoms with E-state index in [0.717, 1.165) is 11.1 Å². The predicted molar refractivity (Wildman–Crippen MR) is 54.1 cm³/mol. The average molecular weight is 187 g/mol. The minimum Gasteiger partial charge on any atom is -0.382 e. The van der Waals surface area contributed by atoms with Crippen LogP contribution in [0.1, 0.15) is 0 Å². The smallest absolute Gasteiger partial charge is 0.154 e. The van der Waals surface area contributed by atoms with Crippen molar-refractivity contribution >= 4 is 11.6 Å². The Morgan fingerprint density at radius 1 is 1.14 bits per heavy atom. The number of nitrogens with zero attached hydrogens (tertiary/aromatic N) is 3. The van der Waals surface area contributed by atoms with Crippen LogP contribution in [0.15, 0.2) is 30.6 Å². The van der Waals surface area contributed by atoms with Crippen molar-refractivity contribution in [3.8, 4) is 11.1 Å². The third-order valence-electron chi connectivity index (χ3n) is 1.81. The van der Waals surface area contributed by atoms with Gasteiger partial charge in [-0.3, -0.25) is 4.98 Å². The molecule has 0 fully saturated rings. The quantitative estimate of drug-likeness (QED) is 0.685. The maximum Gasteiger partial charge on any atom is 0.154 e. The minimum atomic E-state index is 0.345. The highest BCUT2D eigenvalue weighted by molar-refractivity contribution is 5.74. The van der Waals surface area contributed by atoms with Crippen LogP contribution in [0.25, 0.3) is 11.1 Å². The number of nitrogen functional groups attached to an aromatic ring is 2. The zero-order valence-corrected chi connectivity index (χ0v) is 7.38. The van der Waals surface area contributed by atoms with Crippen LogP contribution in [0.5, 0.6) is 0 Å². The molecule has 70 valence electrons. The molecule has 0 radical (unpaired) electrons. The number of anilines is 2. The van der Waals surface area contributed by atoms with Crippen LogP contribution in [0.4, 0.5) is 11.6 Å². The highest BCUT2D eigenvalue weighted by Crippen LogP contribution is 2.23. The van der Waals surface area contributed by atoms with Crippen molar-refractivity contribution < 1.29 is 0 Å². The van der Waals surface area contributed by atoms with E-state index >= 15 is 0 Å². The first kappa shape index (κ1) is 8.43. The molecule has 5 nitrogen and oxygen atoms in total. The van der Waals surface area contributed by atoms with Gasteiger partial charge in [0.25, 0.3) is 0 Å². The summed E-state index contributed by atoms with van der Waals surface area (Å²) in [6.07, 6.45) is 3.39. The normalized spacial score (nSPS) is 10.0. The molecule has 4 N–H and O–H groups in total. The lowest BCUT2D eigenvalue weighted by Crippen LogP contribution is -2.00. The Morgan fingerprint density at radius 2 is 2.00 bits per heavy atom. The Balaban J connectivity index is 2.57. The van der Waals surface area contributed by atoms with Gasteiger partial charge in [0.15, 0.2) is 5.82 Å².